The van der Waals surface area contributed by atoms with E-state index >= 15 is 0 Å². The van der Waals surface area contributed by atoms with Gasteiger partial charge in [0.2, 0.25) is 0 Å². The first-order valence-corrected chi connectivity index (χ1v) is 5.54. The highest BCUT2D eigenvalue weighted by Gasteiger charge is 2.07. The molecule has 0 spiro atoms. The van der Waals surface area contributed by atoms with Crippen molar-refractivity contribution >= 4 is 0 Å². The van der Waals surface area contributed by atoms with Crippen LogP contribution in [0.1, 0.15) is 33.6 Å². The van der Waals surface area contributed by atoms with Crippen LogP contribution in [-0.4, -0.2) is 11.4 Å². The van der Waals surface area contributed by atoms with Crippen LogP contribution in [-0.2, 0) is 0 Å². The van der Waals surface area contributed by atoms with Crippen molar-refractivity contribution in [2.75, 3.05) is 6.54 Å². The molecule has 0 saturated heterocycles. The fraction of sp³-hybridized carbons (Fsp3) is 0.538. The Labute approximate surface area is 87.8 Å². The molecule has 1 heteroatoms. The van der Waals surface area contributed by atoms with Crippen molar-refractivity contribution in [3.05, 3.63) is 36.2 Å². The van der Waals surface area contributed by atoms with Crippen LogP contribution in [0.2, 0.25) is 0 Å². The highest BCUT2D eigenvalue weighted by atomic mass is 15.1. The first-order valence-electron chi connectivity index (χ1n) is 5.54. The summed E-state index contributed by atoms with van der Waals surface area (Å²) in [6.45, 7) is 7.88. The van der Waals surface area contributed by atoms with E-state index in [1.807, 2.05) is 0 Å². The lowest BCUT2D eigenvalue weighted by Crippen LogP contribution is -2.18. The normalized spacial score (nSPS) is 16.0. The van der Waals surface area contributed by atoms with Gasteiger partial charge in [-0.05, 0) is 30.9 Å². The summed E-state index contributed by atoms with van der Waals surface area (Å²) < 4.78 is 0. The third-order valence-corrected chi connectivity index (χ3v) is 2.23. The van der Waals surface area contributed by atoms with Crippen molar-refractivity contribution in [1.29, 1.82) is 0 Å². The van der Waals surface area contributed by atoms with Crippen molar-refractivity contribution in [3.63, 3.8) is 0 Å². The molecule has 1 nitrogen and oxygen atoms in total. The Bertz CT molecular complexity index is 246. The lowest BCUT2D eigenvalue weighted by Gasteiger charge is -2.23. The topological polar surface area (TPSA) is 3.24 Å². The summed E-state index contributed by atoms with van der Waals surface area (Å²) in [5.74, 6) is 0.723. The van der Waals surface area contributed by atoms with Gasteiger partial charge in [-0.15, -0.1) is 0 Å². The van der Waals surface area contributed by atoms with E-state index in [0.717, 1.165) is 18.9 Å². The zero-order valence-corrected chi connectivity index (χ0v) is 9.53. The van der Waals surface area contributed by atoms with Crippen LogP contribution in [0.15, 0.2) is 36.2 Å². The number of allylic oxidation sites excluding steroid dienone is 5. The van der Waals surface area contributed by atoms with Gasteiger partial charge in [0, 0.05) is 18.4 Å². The van der Waals surface area contributed by atoms with E-state index in [1.165, 1.54) is 12.1 Å². The van der Waals surface area contributed by atoms with Gasteiger partial charge in [0.25, 0.3) is 0 Å². The minimum absolute atomic E-state index is 0.723. The molecule has 0 bridgehead atoms. The van der Waals surface area contributed by atoms with Crippen molar-refractivity contribution < 1.29 is 0 Å². The largest absolute Gasteiger partial charge is 0.351 e. The maximum Gasteiger partial charge on any atom is 0.0219 e. The molecule has 1 aliphatic heterocycles. The minimum atomic E-state index is 0.723. The summed E-state index contributed by atoms with van der Waals surface area (Å²) in [4.78, 5) is 2.36. The average molecular weight is 191 g/mol. The van der Waals surface area contributed by atoms with Crippen LogP contribution in [0.4, 0.5) is 0 Å². The average Bonchev–Trinajstić information content (AvgIpc) is 2.32. The van der Waals surface area contributed by atoms with Crippen molar-refractivity contribution in [3.8, 4) is 0 Å². The zero-order chi connectivity index (χ0) is 10.4. The van der Waals surface area contributed by atoms with E-state index in [-0.39, 0.29) is 0 Å². The Balaban J connectivity index is 2.69. The molecule has 1 rings (SSSR count). The molecule has 14 heavy (non-hydrogen) atoms. The van der Waals surface area contributed by atoms with Crippen molar-refractivity contribution in [2.45, 2.75) is 33.6 Å². The van der Waals surface area contributed by atoms with E-state index in [2.05, 4.69) is 56.2 Å². The lowest BCUT2D eigenvalue weighted by atomic mass is 10.1. The summed E-state index contributed by atoms with van der Waals surface area (Å²) in [6, 6.07) is 0. The molecule has 0 fully saturated rings. The fourth-order valence-corrected chi connectivity index (χ4v) is 1.64. The SMILES string of the molecule is CCCN1C=CC=CC=C1CC(C)C. The van der Waals surface area contributed by atoms with Crippen LogP contribution >= 0.6 is 0 Å². The van der Waals surface area contributed by atoms with Gasteiger partial charge in [-0.2, -0.15) is 0 Å². The highest BCUT2D eigenvalue weighted by molar-refractivity contribution is 5.22. The van der Waals surface area contributed by atoms with Gasteiger partial charge in [-0.1, -0.05) is 32.9 Å². The van der Waals surface area contributed by atoms with Crippen LogP contribution in [0.25, 0.3) is 0 Å². The molecule has 0 saturated carbocycles. The van der Waals surface area contributed by atoms with E-state index in [0.29, 0.717) is 0 Å². The molecule has 0 aliphatic carbocycles. The first kappa shape index (κ1) is 11.1. The third-order valence-electron chi connectivity index (χ3n) is 2.23. The van der Waals surface area contributed by atoms with Crippen molar-refractivity contribution in [2.24, 2.45) is 5.92 Å². The van der Waals surface area contributed by atoms with Gasteiger partial charge in [-0.25, -0.2) is 0 Å². The molecule has 0 aromatic heterocycles. The summed E-state index contributed by atoms with van der Waals surface area (Å²) in [5.41, 5.74) is 1.44. The Morgan fingerprint density at radius 2 is 2.00 bits per heavy atom. The summed E-state index contributed by atoms with van der Waals surface area (Å²) in [6.07, 6.45) is 13.1. The van der Waals surface area contributed by atoms with Gasteiger partial charge in [0.05, 0.1) is 0 Å². The second kappa shape index (κ2) is 5.69. The molecule has 1 aliphatic rings. The molecule has 0 amide bonds. The zero-order valence-electron chi connectivity index (χ0n) is 9.53. The second-order valence-corrected chi connectivity index (χ2v) is 4.18. The van der Waals surface area contributed by atoms with Crippen LogP contribution in [0.5, 0.6) is 0 Å². The maximum absolute atomic E-state index is 2.36. The number of hydrogen-bond acceptors (Lipinski definition) is 1. The predicted octanol–water partition coefficient (Wildman–Crippen LogP) is 3.71. The molecular formula is C13H21N. The Morgan fingerprint density at radius 1 is 1.21 bits per heavy atom. The fourth-order valence-electron chi connectivity index (χ4n) is 1.64. The molecule has 0 N–H and O–H groups in total. The summed E-state index contributed by atoms with van der Waals surface area (Å²) in [5, 5.41) is 0. The number of hydrogen-bond donors (Lipinski definition) is 0. The smallest absolute Gasteiger partial charge is 0.0219 e. The highest BCUT2D eigenvalue weighted by Crippen LogP contribution is 2.18. The lowest BCUT2D eigenvalue weighted by molar-refractivity contribution is 0.421. The van der Waals surface area contributed by atoms with Gasteiger partial charge in [0.15, 0.2) is 0 Å². The number of nitrogens with zero attached hydrogens (tertiary/aromatic N) is 1. The first-order chi connectivity index (χ1) is 6.74. The molecule has 0 radical (unpaired) electrons. The maximum atomic E-state index is 2.36. The monoisotopic (exact) mass is 191 g/mol. The van der Waals surface area contributed by atoms with Gasteiger partial charge < -0.3 is 4.90 Å². The second-order valence-electron chi connectivity index (χ2n) is 4.18. The molecular weight excluding hydrogens is 170 g/mol. The van der Waals surface area contributed by atoms with Crippen LogP contribution in [0, 0.1) is 5.92 Å². The standard InChI is InChI=1S/C13H21N/c1-4-9-14-10-7-5-6-8-13(14)11-12(2)3/h5-8,10,12H,4,9,11H2,1-3H3. The van der Waals surface area contributed by atoms with E-state index < -0.39 is 0 Å². The quantitative estimate of drug-likeness (QED) is 0.654. The Hall–Kier alpha value is -0.980. The van der Waals surface area contributed by atoms with E-state index in [9.17, 15) is 0 Å². The van der Waals surface area contributed by atoms with Crippen LogP contribution < -0.4 is 0 Å². The van der Waals surface area contributed by atoms with Gasteiger partial charge in [0.1, 0.15) is 0 Å². The summed E-state index contributed by atoms with van der Waals surface area (Å²) >= 11 is 0. The molecule has 0 atom stereocenters. The molecule has 0 aromatic carbocycles. The molecule has 0 aromatic rings. The molecule has 78 valence electrons. The Kier molecular flexibility index (Phi) is 4.51. The number of rotatable bonds is 4. The third kappa shape index (κ3) is 3.41. The predicted molar refractivity (Wildman–Crippen MR) is 62.8 cm³/mol. The van der Waals surface area contributed by atoms with E-state index in [1.54, 1.807) is 0 Å². The van der Waals surface area contributed by atoms with E-state index in [4.69, 9.17) is 0 Å². The molecule has 1 heterocycles. The summed E-state index contributed by atoms with van der Waals surface area (Å²) in [7, 11) is 0. The molecule has 0 unspecified atom stereocenters. The van der Waals surface area contributed by atoms with Crippen LogP contribution in [0.3, 0.4) is 0 Å². The minimum Gasteiger partial charge on any atom is -0.351 e. The van der Waals surface area contributed by atoms with Crippen molar-refractivity contribution in [1.82, 2.24) is 4.90 Å². The Morgan fingerprint density at radius 3 is 2.64 bits per heavy atom. The van der Waals surface area contributed by atoms with Gasteiger partial charge in [-0.3, -0.25) is 0 Å². The van der Waals surface area contributed by atoms with Gasteiger partial charge >= 0.3 is 0 Å².